The van der Waals surface area contributed by atoms with Crippen LogP contribution >= 0.6 is 0 Å². The first-order valence-corrected chi connectivity index (χ1v) is 8.11. The van der Waals surface area contributed by atoms with Gasteiger partial charge in [0, 0.05) is 36.6 Å². The third-order valence-corrected chi connectivity index (χ3v) is 4.53. The van der Waals surface area contributed by atoms with Crippen LogP contribution in [0.5, 0.6) is 11.5 Å². The van der Waals surface area contributed by atoms with Crippen LogP contribution in [0, 0.1) is 0 Å². The van der Waals surface area contributed by atoms with Crippen molar-refractivity contribution in [1.82, 2.24) is 0 Å². The minimum atomic E-state index is -1.06. The summed E-state index contributed by atoms with van der Waals surface area (Å²) >= 11 is 0. The highest BCUT2D eigenvalue weighted by molar-refractivity contribution is 5.88. The number of benzene rings is 1. The summed E-state index contributed by atoms with van der Waals surface area (Å²) in [6, 6.07) is 1.59. The summed E-state index contributed by atoms with van der Waals surface area (Å²) in [5.74, 6) is 0.945. The van der Waals surface area contributed by atoms with Gasteiger partial charge in [0.2, 0.25) is 0 Å². The van der Waals surface area contributed by atoms with Crippen LogP contribution in [-0.2, 0) is 19.4 Å². The highest BCUT2D eigenvalue weighted by Gasteiger charge is 2.38. The Morgan fingerprint density at radius 3 is 2.64 bits per heavy atom. The lowest BCUT2D eigenvalue weighted by atomic mass is 9.95. The van der Waals surface area contributed by atoms with Gasteiger partial charge >= 0.3 is 0 Å². The smallest absolute Gasteiger partial charge is 0.200 e. The number of aliphatic hydroxyl groups is 3. The number of hydrogen-bond donors (Lipinski definition) is 3. The standard InChI is InChI=1S/C18H22O7/c1-18(2,22)14-6-10-11(25-14)7-12-15(17(10)23-3)16(21)9(4-5-19)13(8-20)24-12/h7,14,19-20,22H,4-6,8H2,1-3H3/t14-/m0/s1. The minimum Gasteiger partial charge on any atom is -0.495 e. The van der Waals surface area contributed by atoms with Gasteiger partial charge in [-0.15, -0.1) is 0 Å². The predicted octanol–water partition coefficient (Wildman–Crippen LogP) is 0.903. The van der Waals surface area contributed by atoms with E-state index in [9.17, 15) is 20.1 Å². The lowest BCUT2D eigenvalue weighted by molar-refractivity contribution is -0.0229. The fourth-order valence-electron chi connectivity index (χ4n) is 3.21. The summed E-state index contributed by atoms with van der Waals surface area (Å²) < 4.78 is 17.0. The van der Waals surface area contributed by atoms with E-state index in [0.717, 1.165) is 0 Å². The second kappa shape index (κ2) is 6.33. The Morgan fingerprint density at radius 1 is 1.36 bits per heavy atom. The average molecular weight is 350 g/mol. The number of ether oxygens (including phenoxy) is 2. The lowest BCUT2D eigenvalue weighted by Gasteiger charge is -2.24. The number of fused-ring (bicyclic) bond motifs is 2. The monoisotopic (exact) mass is 350 g/mol. The first-order valence-electron chi connectivity index (χ1n) is 8.11. The van der Waals surface area contributed by atoms with Crippen LogP contribution in [0.1, 0.15) is 30.7 Å². The van der Waals surface area contributed by atoms with E-state index >= 15 is 0 Å². The molecule has 25 heavy (non-hydrogen) atoms. The Labute approximate surface area is 144 Å². The first-order chi connectivity index (χ1) is 11.8. The van der Waals surface area contributed by atoms with Gasteiger partial charge in [-0.25, -0.2) is 0 Å². The van der Waals surface area contributed by atoms with E-state index in [4.69, 9.17) is 13.9 Å². The van der Waals surface area contributed by atoms with Gasteiger partial charge in [-0.1, -0.05) is 0 Å². The molecule has 0 spiro atoms. The number of aliphatic hydroxyl groups excluding tert-OH is 2. The molecule has 2 aromatic rings. The zero-order valence-electron chi connectivity index (χ0n) is 14.5. The molecule has 3 N–H and O–H groups in total. The van der Waals surface area contributed by atoms with Crippen molar-refractivity contribution in [2.45, 2.75) is 45.0 Å². The third-order valence-electron chi connectivity index (χ3n) is 4.53. The zero-order chi connectivity index (χ0) is 18.4. The summed E-state index contributed by atoms with van der Waals surface area (Å²) in [4.78, 5) is 12.9. The summed E-state index contributed by atoms with van der Waals surface area (Å²) in [5, 5.41) is 29.2. The molecule has 1 aliphatic heterocycles. The molecular weight excluding hydrogens is 328 g/mol. The van der Waals surface area contributed by atoms with E-state index in [2.05, 4.69) is 0 Å². The van der Waals surface area contributed by atoms with Crippen molar-refractivity contribution < 1.29 is 29.2 Å². The fourth-order valence-corrected chi connectivity index (χ4v) is 3.21. The molecule has 1 atom stereocenters. The van der Waals surface area contributed by atoms with E-state index in [0.29, 0.717) is 23.5 Å². The van der Waals surface area contributed by atoms with Gasteiger partial charge in [0.15, 0.2) is 5.43 Å². The third kappa shape index (κ3) is 2.88. The zero-order valence-corrected chi connectivity index (χ0v) is 14.5. The van der Waals surface area contributed by atoms with E-state index in [1.54, 1.807) is 19.9 Å². The summed E-state index contributed by atoms with van der Waals surface area (Å²) in [5.41, 5.74) is -0.241. The Morgan fingerprint density at radius 2 is 2.08 bits per heavy atom. The van der Waals surface area contributed by atoms with Gasteiger partial charge in [0.25, 0.3) is 0 Å². The molecule has 0 bridgehead atoms. The molecule has 0 unspecified atom stereocenters. The van der Waals surface area contributed by atoms with Crippen LogP contribution in [0.4, 0.5) is 0 Å². The molecular formula is C18H22O7. The second-order valence-electron chi connectivity index (χ2n) is 6.69. The normalized spacial score (nSPS) is 16.8. The average Bonchev–Trinajstić information content (AvgIpc) is 2.99. The molecule has 0 aliphatic carbocycles. The molecule has 1 aliphatic rings. The van der Waals surface area contributed by atoms with Crippen LogP contribution in [0.2, 0.25) is 0 Å². The summed E-state index contributed by atoms with van der Waals surface area (Å²) in [6.07, 6.45) is 0.00335. The van der Waals surface area contributed by atoms with Crippen LogP contribution in [0.15, 0.2) is 15.3 Å². The van der Waals surface area contributed by atoms with E-state index < -0.39 is 18.3 Å². The van der Waals surface area contributed by atoms with Crippen LogP contribution in [0.3, 0.4) is 0 Å². The van der Waals surface area contributed by atoms with Gasteiger partial charge in [0.05, 0.1) is 12.7 Å². The summed E-state index contributed by atoms with van der Waals surface area (Å²) in [6.45, 7) is 2.62. The maximum Gasteiger partial charge on any atom is 0.200 e. The Bertz CT molecular complexity index is 861. The van der Waals surface area contributed by atoms with Gasteiger partial charge in [-0.3, -0.25) is 4.79 Å². The van der Waals surface area contributed by atoms with E-state index in [-0.39, 0.29) is 40.7 Å². The Balaban J connectivity index is 2.28. The van der Waals surface area contributed by atoms with Crippen LogP contribution in [-0.4, -0.2) is 40.7 Å². The maximum absolute atomic E-state index is 12.9. The Hall–Kier alpha value is -2.09. The van der Waals surface area contributed by atoms with Crippen molar-refractivity contribution in [3.8, 4) is 11.5 Å². The second-order valence-corrected chi connectivity index (χ2v) is 6.69. The van der Waals surface area contributed by atoms with Gasteiger partial charge in [-0.2, -0.15) is 0 Å². The molecule has 0 saturated heterocycles. The molecule has 1 aromatic heterocycles. The maximum atomic E-state index is 12.9. The van der Waals surface area contributed by atoms with Crippen molar-refractivity contribution in [3.05, 3.63) is 33.2 Å². The van der Waals surface area contributed by atoms with Gasteiger partial charge in [-0.05, 0) is 13.8 Å². The van der Waals surface area contributed by atoms with Crippen molar-refractivity contribution in [2.75, 3.05) is 13.7 Å². The number of methoxy groups -OCH3 is 1. The fraction of sp³-hybridized carbons (Fsp3) is 0.500. The van der Waals surface area contributed by atoms with Gasteiger partial charge < -0.3 is 29.2 Å². The molecule has 2 heterocycles. The molecule has 1 aromatic carbocycles. The molecule has 0 radical (unpaired) electrons. The quantitative estimate of drug-likeness (QED) is 0.735. The largest absolute Gasteiger partial charge is 0.495 e. The van der Waals surface area contributed by atoms with Gasteiger partial charge in [0.1, 0.15) is 40.9 Å². The molecule has 3 rings (SSSR count). The lowest BCUT2D eigenvalue weighted by Crippen LogP contribution is -2.39. The van der Waals surface area contributed by atoms with E-state index in [1.807, 2.05) is 0 Å². The molecule has 0 amide bonds. The molecule has 7 heteroatoms. The van der Waals surface area contributed by atoms with Crippen LogP contribution < -0.4 is 14.9 Å². The van der Waals surface area contributed by atoms with Crippen LogP contribution in [0.25, 0.3) is 11.0 Å². The SMILES string of the molecule is COc1c2c(cc3oc(CO)c(CCO)c(=O)c13)O[C@H](C(C)(C)O)C2. The Kier molecular flexibility index (Phi) is 4.49. The van der Waals surface area contributed by atoms with Crippen molar-refractivity contribution in [2.24, 2.45) is 0 Å². The predicted molar refractivity (Wildman–Crippen MR) is 90.2 cm³/mol. The van der Waals surface area contributed by atoms with Crippen molar-refractivity contribution >= 4 is 11.0 Å². The number of hydrogen-bond acceptors (Lipinski definition) is 7. The first kappa shape index (κ1) is 17.7. The van der Waals surface area contributed by atoms with Crippen molar-refractivity contribution in [1.29, 1.82) is 0 Å². The molecule has 136 valence electrons. The highest BCUT2D eigenvalue weighted by atomic mass is 16.5. The summed E-state index contributed by atoms with van der Waals surface area (Å²) in [7, 11) is 1.46. The minimum absolute atomic E-state index is 0.0806. The number of rotatable bonds is 5. The molecule has 0 saturated carbocycles. The molecule has 0 fully saturated rings. The van der Waals surface area contributed by atoms with Crippen molar-refractivity contribution in [3.63, 3.8) is 0 Å². The van der Waals surface area contributed by atoms with E-state index in [1.165, 1.54) is 7.11 Å². The topological polar surface area (TPSA) is 109 Å². The molecule has 7 nitrogen and oxygen atoms in total. The highest BCUT2D eigenvalue weighted by Crippen LogP contribution is 2.43.